The summed E-state index contributed by atoms with van der Waals surface area (Å²) in [4.78, 5) is 0. The maximum Gasteiger partial charge on any atom is 0.0936 e. The van der Waals surface area contributed by atoms with Crippen LogP contribution in [0.1, 0.15) is 44.8 Å². The fourth-order valence-corrected chi connectivity index (χ4v) is 3.82. The first kappa shape index (κ1) is 15.5. The number of rotatable bonds is 4. The molecule has 0 N–H and O–H groups in total. The van der Waals surface area contributed by atoms with Gasteiger partial charge in [-0.15, -0.1) is 0 Å². The fourth-order valence-electron chi connectivity index (χ4n) is 2.78. The lowest BCUT2D eigenvalue weighted by atomic mass is 9.80. The molecule has 3 heteroatoms. The van der Waals surface area contributed by atoms with Gasteiger partial charge in [-0.3, -0.25) is 0 Å². The molecule has 106 valence electrons. The van der Waals surface area contributed by atoms with E-state index in [9.17, 15) is 0 Å². The van der Waals surface area contributed by atoms with E-state index in [1.807, 2.05) is 6.07 Å². The Morgan fingerprint density at radius 3 is 2.58 bits per heavy atom. The first-order valence-electron chi connectivity index (χ1n) is 7.07. The molecule has 0 heterocycles. The molecule has 0 radical (unpaired) electrons. The molecule has 0 aromatic heterocycles. The highest BCUT2D eigenvalue weighted by Gasteiger charge is 2.27. The van der Waals surface area contributed by atoms with E-state index in [0.29, 0.717) is 6.10 Å². The smallest absolute Gasteiger partial charge is 0.0936 e. The first-order chi connectivity index (χ1) is 9.11. The van der Waals surface area contributed by atoms with Crippen LogP contribution in [-0.4, -0.2) is 11.4 Å². The first-order valence-corrected chi connectivity index (χ1v) is 8.99. The monoisotopic (exact) mass is 388 g/mol. The standard InChI is InChI=1S/C16H22Br2O/c1-11-7-8-13(9-12(11)2)19-16(10-17)14-5-3-4-6-15(14)18/h3-6,11-13,16H,7-10H2,1-2H3. The SMILES string of the molecule is CC1CCC(OC(CBr)c2ccccc2Br)CC1C. The summed E-state index contributed by atoms with van der Waals surface area (Å²) in [6.07, 6.45) is 4.22. The van der Waals surface area contributed by atoms with E-state index >= 15 is 0 Å². The van der Waals surface area contributed by atoms with Crippen molar-refractivity contribution in [1.29, 1.82) is 0 Å². The summed E-state index contributed by atoms with van der Waals surface area (Å²) in [6, 6.07) is 8.35. The molecule has 4 unspecified atom stereocenters. The number of hydrogen-bond donors (Lipinski definition) is 0. The van der Waals surface area contributed by atoms with Gasteiger partial charge in [0.1, 0.15) is 0 Å². The van der Waals surface area contributed by atoms with E-state index in [4.69, 9.17) is 4.74 Å². The largest absolute Gasteiger partial charge is 0.369 e. The number of hydrogen-bond acceptors (Lipinski definition) is 1. The molecule has 1 aliphatic rings. The third kappa shape index (κ3) is 4.05. The lowest BCUT2D eigenvalue weighted by Gasteiger charge is -2.34. The van der Waals surface area contributed by atoms with Crippen LogP contribution in [0.4, 0.5) is 0 Å². The van der Waals surface area contributed by atoms with E-state index < -0.39 is 0 Å². The zero-order chi connectivity index (χ0) is 13.8. The second-order valence-electron chi connectivity index (χ2n) is 5.69. The Kier molecular flexibility index (Phi) is 5.91. The van der Waals surface area contributed by atoms with Crippen LogP contribution < -0.4 is 0 Å². The maximum atomic E-state index is 6.35. The van der Waals surface area contributed by atoms with E-state index in [1.54, 1.807) is 0 Å². The fraction of sp³-hybridized carbons (Fsp3) is 0.625. The van der Waals surface area contributed by atoms with Crippen molar-refractivity contribution in [3.05, 3.63) is 34.3 Å². The van der Waals surface area contributed by atoms with Gasteiger partial charge in [0.05, 0.1) is 12.2 Å². The number of alkyl halides is 1. The highest BCUT2D eigenvalue weighted by atomic mass is 79.9. The van der Waals surface area contributed by atoms with E-state index in [2.05, 4.69) is 63.9 Å². The molecule has 1 aromatic rings. The summed E-state index contributed by atoms with van der Waals surface area (Å²) in [7, 11) is 0. The summed E-state index contributed by atoms with van der Waals surface area (Å²) in [5, 5.41) is 0.843. The van der Waals surface area contributed by atoms with Crippen molar-refractivity contribution in [2.75, 3.05) is 5.33 Å². The topological polar surface area (TPSA) is 9.23 Å². The normalized spacial score (nSPS) is 29.2. The van der Waals surface area contributed by atoms with Crippen molar-refractivity contribution in [3.8, 4) is 0 Å². The second-order valence-corrected chi connectivity index (χ2v) is 7.19. The number of benzene rings is 1. The Morgan fingerprint density at radius 2 is 1.95 bits per heavy atom. The molecule has 0 saturated heterocycles. The Morgan fingerprint density at radius 1 is 1.21 bits per heavy atom. The summed E-state index contributed by atoms with van der Waals surface area (Å²) in [5.74, 6) is 1.61. The van der Waals surface area contributed by atoms with E-state index in [1.165, 1.54) is 24.8 Å². The van der Waals surface area contributed by atoms with Crippen molar-refractivity contribution in [2.45, 2.75) is 45.3 Å². The van der Waals surface area contributed by atoms with Crippen LogP contribution in [-0.2, 0) is 4.74 Å². The van der Waals surface area contributed by atoms with Crippen molar-refractivity contribution < 1.29 is 4.74 Å². The molecular weight excluding hydrogens is 368 g/mol. The predicted octanol–water partition coefficient (Wildman–Crippen LogP) is 5.73. The molecule has 1 nitrogen and oxygen atoms in total. The molecule has 0 amide bonds. The highest BCUT2D eigenvalue weighted by Crippen LogP contribution is 2.35. The van der Waals surface area contributed by atoms with Crippen LogP contribution >= 0.6 is 31.9 Å². The molecule has 0 spiro atoms. The van der Waals surface area contributed by atoms with E-state index in [0.717, 1.165) is 21.6 Å². The molecular formula is C16H22Br2O. The molecule has 0 bridgehead atoms. The summed E-state index contributed by atoms with van der Waals surface area (Å²) < 4.78 is 7.49. The molecule has 4 atom stereocenters. The average molecular weight is 390 g/mol. The molecule has 2 rings (SSSR count). The Balaban J connectivity index is 2.02. The zero-order valence-electron chi connectivity index (χ0n) is 11.6. The Labute approximate surface area is 133 Å². The van der Waals surface area contributed by atoms with Crippen LogP contribution in [0.15, 0.2) is 28.7 Å². The van der Waals surface area contributed by atoms with Crippen LogP contribution in [0.25, 0.3) is 0 Å². The van der Waals surface area contributed by atoms with Crippen molar-refractivity contribution in [2.24, 2.45) is 11.8 Å². The van der Waals surface area contributed by atoms with Gasteiger partial charge < -0.3 is 4.74 Å². The molecule has 1 aliphatic carbocycles. The van der Waals surface area contributed by atoms with Crippen LogP contribution in [0, 0.1) is 11.8 Å². The van der Waals surface area contributed by atoms with Gasteiger partial charge in [0.25, 0.3) is 0 Å². The predicted molar refractivity (Wildman–Crippen MR) is 87.7 cm³/mol. The van der Waals surface area contributed by atoms with Crippen LogP contribution in [0.2, 0.25) is 0 Å². The summed E-state index contributed by atoms with van der Waals surface area (Å²) in [5.41, 5.74) is 1.24. The molecule has 0 aliphatic heterocycles. The van der Waals surface area contributed by atoms with Gasteiger partial charge in [-0.05, 0) is 42.7 Å². The molecule has 1 aromatic carbocycles. The van der Waals surface area contributed by atoms with Gasteiger partial charge in [-0.25, -0.2) is 0 Å². The van der Waals surface area contributed by atoms with Crippen molar-refractivity contribution in [1.82, 2.24) is 0 Å². The summed E-state index contributed by atoms with van der Waals surface area (Å²) >= 11 is 7.22. The lowest BCUT2D eigenvalue weighted by Crippen LogP contribution is -2.28. The Hall–Kier alpha value is 0.140. The van der Waals surface area contributed by atoms with Gasteiger partial charge in [0.15, 0.2) is 0 Å². The number of halogens is 2. The van der Waals surface area contributed by atoms with Gasteiger partial charge in [-0.1, -0.05) is 63.9 Å². The third-order valence-corrected chi connectivity index (χ3v) is 5.61. The average Bonchev–Trinajstić information content (AvgIpc) is 2.41. The Bertz CT molecular complexity index is 407. The van der Waals surface area contributed by atoms with Gasteiger partial charge in [-0.2, -0.15) is 0 Å². The minimum absolute atomic E-state index is 0.140. The van der Waals surface area contributed by atoms with Gasteiger partial charge >= 0.3 is 0 Å². The lowest BCUT2D eigenvalue weighted by molar-refractivity contribution is -0.0386. The minimum atomic E-state index is 0.140. The van der Waals surface area contributed by atoms with Crippen molar-refractivity contribution >= 4 is 31.9 Å². The second kappa shape index (κ2) is 7.24. The van der Waals surface area contributed by atoms with E-state index in [-0.39, 0.29) is 6.10 Å². The highest BCUT2D eigenvalue weighted by molar-refractivity contribution is 9.10. The summed E-state index contributed by atoms with van der Waals surface area (Å²) in [6.45, 7) is 4.71. The van der Waals surface area contributed by atoms with Crippen LogP contribution in [0.5, 0.6) is 0 Å². The van der Waals surface area contributed by atoms with Gasteiger partial charge in [0, 0.05) is 9.80 Å². The third-order valence-electron chi connectivity index (χ3n) is 4.30. The maximum absolute atomic E-state index is 6.35. The molecule has 1 saturated carbocycles. The van der Waals surface area contributed by atoms with Crippen LogP contribution in [0.3, 0.4) is 0 Å². The molecule has 19 heavy (non-hydrogen) atoms. The van der Waals surface area contributed by atoms with Crippen molar-refractivity contribution in [3.63, 3.8) is 0 Å². The molecule has 1 fully saturated rings. The minimum Gasteiger partial charge on any atom is -0.369 e. The quantitative estimate of drug-likeness (QED) is 0.597. The van der Waals surface area contributed by atoms with Gasteiger partial charge in [0.2, 0.25) is 0 Å². The number of ether oxygens (including phenoxy) is 1. The zero-order valence-corrected chi connectivity index (χ0v) is 14.8.